The van der Waals surface area contributed by atoms with Gasteiger partial charge in [-0.2, -0.15) is 0 Å². The summed E-state index contributed by atoms with van der Waals surface area (Å²) in [5, 5.41) is 2.84. The van der Waals surface area contributed by atoms with Gasteiger partial charge in [-0.1, -0.05) is 50.5 Å². The van der Waals surface area contributed by atoms with E-state index in [1.807, 2.05) is 34.6 Å². The van der Waals surface area contributed by atoms with Gasteiger partial charge in [0.05, 0.1) is 4.83 Å². The molecule has 1 rings (SSSR count). The van der Waals surface area contributed by atoms with Gasteiger partial charge >= 0.3 is 0 Å². The highest BCUT2D eigenvalue weighted by Gasteiger charge is 2.22. The third-order valence-electron chi connectivity index (χ3n) is 2.94. The highest BCUT2D eigenvalue weighted by atomic mass is 79.9. The molecule has 110 valence electrons. The standard InChI is InChI=1S/C16H22BrNO2/c1-10(2)13(17)14(19)11-6-8-12(9-7-11)18-15(20)16(3,4)5/h6-10,13H,1-5H3,(H,18,20). The number of hydrogen-bond acceptors (Lipinski definition) is 2. The van der Waals surface area contributed by atoms with Crippen molar-refractivity contribution in [1.82, 2.24) is 0 Å². The van der Waals surface area contributed by atoms with E-state index in [0.717, 1.165) is 0 Å². The van der Waals surface area contributed by atoms with Crippen LogP contribution in [0.1, 0.15) is 45.0 Å². The van der Waals surface area contributed by atoms with Crippen LogP contribution in [0.4, 0.5) is 5.69 Å². The molecular formula is C16H22BrNO2. The van der Waals surface area contributed by atoms with Crippen molar-refractivity contribution in [2.75, 3.05) is 5.32 Å². The predicted octanol–water partition coefficient (Wildman–Crippen LogP) is 4.27. The molecule has 1 aromatic rings. The smallest absolute Gasteiger partial charge is 0.229 e. The van der Waals surface area contributed by atoms with Crippen molar-refractivity contribution in [1.29, 1.82) is 0 Å². The fourth-order valence-electron chi connectivity index (χ4n) is 1.50. The van der Waals surface area contributed by atoms with Crippen molar-refractivity contribution in [2.24, 2.45) is 11.3 Å². The number of anilines is 1. The first-order valence-corrected chi connectivity index (χ1v) is 7.64. The number of rotatable bonds is 4. The number of halogens is 1. The average molecular weight is 340 g/mol. The molecule has 4 heteroatoms. The molecule has 3 nitrogen and oxygen atoms in total. The zero-order chi connectivity index (χ0) is 15.5. The third kappa shape index (κ3) is 4.44. The number of nitrogens with one attached hydrogen (secondary N) is 1. The van der Waals surface area contributed by atoms with Gasteiger partial charge in [-0.3, -0.25) is 9.59 Å². The Hall–Kier alpha value is -1.16. The quantitative estimate of drug-likeness (QED) is 0.657. The van der Waals surface area contributed by atoms with Crippen LogP contribution in [0.5, 0.6) is 0 Å². The van der Waals surface area contributed by atoms with E-state index in [0.29, 0.717) is 11.3 Å². The molecule has 0 aliphatic carbocycles. The van der Waals surface area contributed by atoms with E-state index in [9.17, 15) is 9.59 Å². The minimum Gasteiger partial charge on any atom is -0.326 e. The predicted molar refractivity (Wildman–Crippen MR) is 86.4 cm³/mol. The van der Waals surface area contributed by atoms with Crippen molar-refractivity contribution in [3.05, 3.63) is 29.8 Å². The van der Waals surface area contributed by atoms with Crippen LogP contribution in [0, 0.1) is 11.3 Å². The Labute approximate surface area is 129 Å². The second-order valence-corrected chi connectivity index (χ2v) is 7.28. The summed E-state index contributed by atoms with van der Waals surface area (Å²) >= 11 is 3.41. The molecular weight excluding hydrogens is 318 g/mol. The SMILES string of the molecule is CC(C)C(Br)C(=O)c1ccc(NC(=O)C(C)(C)C)cc1. The lowest BCUT2D eigenvalue weighted by atomic mass is 9.95. The van der Waals surface area contributed by atoms with Crippen LogP contribution in [0.15, 0.2) is 24.3 Å². The van der Waals surface area contributed by atoms with Crippen molar-refractivity contribution in [3.8, 4) is 0 Å². The van der Waals surface area contributed by atoms with E-state index < -0.39 is 5.41 Å². The molecule has 0 saturated carbocycles. The summed E-state index contributed by atoms with van der Waals surface area (Å²) < 4.78 is 0. The van der Waals surface area contributed by atoms with Gasteiger partial charge in [0, 0.05) is 16.7 Å². The lowest BCUT2D eigenvalue weighted by molar-refractivity contribution is -0.123. The summed E-state index contributed by atoms with van der Waals surface area (Å²) in [5.74, 6) is 0.258. The Bertz CT molecular complexity index is 486. The van der Waals surface area contributed by atoms with Gasteiger partial charge in [0.1, 0.15) is 0 Å². The number of carbonyl (C=O) groups excluding carboxylic acids is 2. The second kappa shape index (κ2) is 6.53. The maximum Gasteiger partial charge on any atom is 0.229 e. The minimum atomic E-state index is -0.437. The van der Waals surface area contributed by atoms with Crippen LogP contribution in [0.2, 0.25) is 0 Å². The highest BCUT2D eigenvalue weighted by Crippen LogP contribution is 2.21. The van der Waals surface area contributed by atoms with Crippen LogP contribution < -0.4 is 5.32 Å². The molecule has 0 aliphatic rings. The van der Waals surface area contributed by atoms with Crippen molar-refractivity contribution in [2.45, 2.75) is 39.4 Å². The number of alkyl halides is 1. The van der Waals surface area contributed by atoms with E-state index in [-0.39, 0.29) is 22.4 Å². The monoisotopic (exact) mass is 339 g/mol. The maximum atomic E-state index is 12.1. The van der Waals surface area contributed by atoms with Gasteiger partial charge in [0.2, 0.25) is 5.91 Å². The Morgan fingerprint density at radius 3 is 2.00 bits per heavy atom. The topological polar surface area (TPSA) is 46.2 Å². The fourth-order valence-corrected chi connectivity index (χ4v) is 1.76. The fraction of sp³-hybridized carbons (Fsp3) is 0.500. The number of Topliss-reactive ketones (excluding diaryl/α,β-unsaturated/α-hetero) is 1. The number of hydrogen-bond donors (Lipinski definition) is 1. The molecule has 1 N–H and O–H groups in total. The third-order valence-corrected chi connectivity index (χ3v) is 4.42. The molecule has 0 heterocycles. The highest BCUT2D eigenvalue weighted by molar-refractivity contribution is 9.10. The van der Waals surface area contributed by atoms with Gasteiger partial charge in [-0.15, -0.1) is 0 Å². The number of carbonyl (C=O) groups is 2. The Kier molecular flexibility index (Phi) is 5.51. The van der Waals surface area contributed by atoms with Crippen LogP contribution in [-0.4, -0.2) is 16.5 Å². The lowest BCUT2D eigenvalue weighted by Crippen LogP contribution is -2.27. The Morgan fingerprint density at radius 1 is 1.10 bits per heavy atom. The molecule has 0 aliphatic heterocycles. The first kappa shape index (κ1) is 16.9. The molecule has 0 bridgehead atoms. The van der Waals surface area contributed by atoms with Crippen molar-refractivity contribution >= 4 is 33.3 Å². The summed E-state index contributed by atoms with van der Waals surface area (Å²) in [4.78, 5) is 23.8. The molecule has 20 heavy (non-hydrogen) atoms. The number of amides is 1. The summed E-state index contributed by atoms with van der Waals surface area (Å²) in [6.45, 7) is 9.57. The molecule has 0 fully saturated rings. The molecule has 0 spiro atoms. The Morgan fingerprint density at radius 2 is 1.60 bits per heavy atom. The second-order valence-electron chi connectivity index (χ2n) is 6.29. The van der Waals surface area contributed by atoms with Crippen LogP contribution in [-0.2, 0) is 4.79 Å². The largest absolute Gasteiger partial charge is 0.326 e. The molecule has 1 unspecified atom stereocenters. The van der Waals surface area contributed by atoms with Gasteiger partial charge in [0.25, 0.3) is 0 Å². The summed E-state index contributed by atoms with van der Waals surface area (Å²) in [7, 11) is 0. The van der Waals surface area contributed by atoms with Crippen LogP contribution in [0.3, 0.4) is 0 Å². The first-order chi connectivity index (χ1) is 9.12. The Balaban J connectivity index is 2.80. The number of ketones is 1. The average Bonchev–Trinajstić information content (AvgIpc) is 2.36. The molecule has 1 amide bonds. The molecule has 0 saturated heterocycles. The van der Waals surface area contributed by atoms with Crippen molar-refractivity contribution < 1.29 is 9.59 Å². The summed E-state index contributed by atoms with van der Waals surface area (Å²) in [5.41, 5.74) is 0.916. The van der Waals surface area contributed by atoms with Gasteiger partial charge in [0.15, 0.2) is 5.78 Å². The molecule has 0 aromatic heterocycles. The molecule has 1 atom stereocenters. The van der Waals surface area contributed by atoms with Gasteiger partial charge in [-0.25, -0.2) is 0 Å². The van der Waals surface area contributed by atoms with Crippen LogP contribution in [0.25, 0.3) is 0 Å². The molecule has 0 radical (unpaired) electrons. The van der Waals surface area contributed by atoms with E-state index >= 15 is 0 Å². The lowest BCUT2D eigenvalue weighted by Gasteiger charge is -2.18. The summed E-state index contributed by atoms with van der Waals surface area (Å²) in [6, 6.07) is 7.02. The number of benzene rings is 1. The van der Waals surface area contributed by atoms with E-state index in [1.165, 1.54) is 0 Å². The maximum absolute atomic E-state index is 12.1. The minimum absolute atomic E-state index is 0.0443. The van der Waals surface area contributed by atoms with Gasteiger partial charge < -0.3 is 5.32 Å². The zero-order valence-corrected chi connectivity index (χ0v) is 14.2. The van der Waals surface area contributed by atoms with E-state index in [2.05, 4.69) is 21.2 Å². The van der Waals surface area contributed by atoms with E-state index in [4.69, 9.17) is 0 Å². The normalized spacial score (nSPS) is 13.2. The van der Waals surface area contributed by atoms with E-state index in [1.54, 1.807) is 24.3 Å². The first-order valence-electron chi connectivity index (χ1n) is 6.72. The summed E-state index contributed by atoms with van der Waals surface area (Å²) in [6.07, 6.45) is 0. The van der Waals surface area contributed by atoms with Gasteiger partial charge in [-0.05, 0) is 30.2 Å². The molecule has 1 aromatic carbocycles. The van der Waals surface area contributed by atoms with Crippen molar-refractivity contribution in [3.63, 3.8) is 0 Å². The zero-order valence-electron chi connectivity index (χ0n) is 12.7. The van der Waals surface area contributed by atoms with Crippen LogP contribution >= 0.6 is 15.9 Å².